The second kappa shape index (κ2) is 6.93. The summed E-state index contributed by atoms with van der Waals surface area (Å²) in [7, 11) is 0. The van der Waals surface area contributed by atoms with Crippen LogP contribution in [0.15, 0.2) is 41.5 Å². The molecule has 1 heterocycles. The zero-order valence-electron chi connectivity index (χ0n) is 15.9. The molecule has 2 unspecified atom stereocenters. The first-order valence-electron chi connectivity index (χ1n) is 9.28. The molecule has 0 saturated heterocycles. The number of carboxylic acids is 1. The van der Waals surface area contributed by atoms with E-state index in [1.807, 2.05) is 0 Å². The van der Waals surface area contributed by atoms with Crippen molar-refractivity contribution in [1.29, 1.82) is 0 Å². The topological polar surface area (TPSA) is 107 Å². The lowest BCUT2D eigenvalue weighted by atomic mass is 9.76. The van der Waals surface area contributed by atoms with E-state index in [2.05, 4.69) is 0 Å². The molecule has 29 heavy (non-hydrogen) atoms. The molecule has 7 nitrogen and oxygen atoms in total. The second-order valence-electron chi connectivity index (χ2n) is 7.06. The summed E-state index contributed by atoms with van der Waals surface area (Å²) in [5, 5.41) is 10.6. The number of rotatable bonds is 3. The predicted molar refractivity (Wildman–Crippen MR) is 102 cm³/mol. The van der Waals surface area contributed by atoms with Gasteiger partial charge in [-0.1, -0.05) is 31.2 Å². The third-order valence-electron chi connectivity index (χ3n) is 5.25. The standard InChI is InChI=1S/C22H18O7/c1-3-15-17-14(9-16(29-15)22(26)27)19(24)13-8-11-6-4-5-7-12(11)21(28-10(2)23)18(13)20(17)25/h4-8,15-16H,3,9H2,1-2H3,(H,26,27). The fourth-order valence-electron chi connectivity index (χ4n) is 4.01. The lowest BCUT2D eigenvalue weighted by Crippen LogP contribution is -2.41. The van der Waals surface area contributed by atoms with Crippen LogP contribution in [0.5, 0.6) is 5.75 Å². The first-order valence-corrected chi connectivity index (χ1v) is 9.28. The fraction of sp³-hybridized carbons (Fsp3) is 0.273. The molecular weight excluding hydrogens is 376 g/mol. The molecule has 0 saturated carbocycles. The van der Waals surface area contributed by atoms with Crippen LogP contribution in [0.3, 0.4) is 0 Å². The molecule has 0 bridgehead atoms. The quantitative estimate of drug-likeness (QED) is 0.630. The van der Waals surface area contributed by atoms with Crippen LogP contribution in [0.4, 0.5) is 0 Å². The number of carbonyl (C=O) groups is 4. The summed E-state index contributed by atoms with van der Waals surface area (Å²) < 4.78 is 11.0. The molecule has 2 aliphatic rings. The van der Waals surface area contributed by atoms with Crippen molar-refractivity contribution >= 4 is 34.3 Å². The van der Waals surface area contributed by atoms with Crippen molar-refractivity contribution in [3.8, 4) is 5.75 Å². The van der Waals surface area contributed by atoms with Crippen LogP contribution in [0.1, 0.15) is 47.4 Å². The monoisotopic (exact) mass is 394 g/mol. The largest absolute Gasteiger partial charge is 0.479 e. The number of ketones is 2. The van der Waals surface area contributed by atoms with Crippen LogP contribution in [-0.4, -0.2) is 40.8 Å². The number of hydrogen-bond acceptors (Lipinski definition) is 6. The van der Waals surface area contributed by atoms with E-state index in [4.69, 9.17) is 9.47 Å². The van der Waals surface area contributed by atoms with Crippen LogP contribution in [0, 0.1) is 0 Å². The van der Waals surface area contributed by atoms with Gasteiger partial charge in [0.25, 0.3) is 0 Å². The molecule has 0 fully saturated rings. The van der Waals surface area contributed by atoms with E-state index in [0.717, 1.165) is 0 Å². The minimum Gasteiger partial charge on any atom is -0.479 e. The van der Waals surface area contributed by atoms with Crippen molar-refractivity contribution in [1.82, 2.24) is 0 Å². The molecule has 2 aromatic carbocycles. The van der Waals surface area contributed by atoms with Gasteiger partial charge < -0.3 is 14.6 Å². The van der Waals surface area contributed by atoms with Gasteiger partial charge in [0.05, 0.1) is 11.7 Å². The van der Waals surface area contributed by atoms with Gasteiger partial charge in [0.15, 0.2) is 23.4 Å². The first-order chi connectivity index (χ1) is 13.8. The highest BCUT2D eigenvalue weighted by molar-refractivity contribution is 6.30. The average Bonchev–Trinajstić information content (AvgIpc) is 2.70. The summed E-state index contributed by atoms with van der Waals surface area (Å²) in [6, 6.07) is 8.58. The zero-order valence-corrected chi connectivity index (χ0v) is 15.9. The summed E-state index contributed by atoms with van der Waals surface area (Å²) in [4.78, 5) is 50.0. The summed E-state index contributed by atoms with van der Waals surface area (Å²) >= 11 is 0. The van der Waals surface area contributed by atoms with Gasteiger partial charge in [-0.3, -0.25) is 14.4 Å². The third-order valence-corrected chi connectivity index (χ3v) is 5.25. The number of Topliss-reactive ketones (excluding diaryl/α,β-unsaturated/α-hetero) is 2. The van der Waals surface area contributed by atoms with E-state index >= 15 is 0 Å². The molecule has 1 aliphatic heterocycles. The van der Waals surface area contributed by atoms with Gasteiger partial charge in [-0.2, -0.15) is 0 Å². The Morgan fingerprint density at radius 2 is 1.93 bits per heavy atom. The number of esters is 1. The van der Waals surface area contributed by atoms with Crippen LogP contribution >= 0.6 is 0 Å². The van der Waals surface area contributed by atoms with E-state index in [0.29, 0.717) is 17.2 Å². The Bertz CT molecular complexity index is 1130. The van der Waals surface area contributed by atoms with Gasteiger partial charge in [0.1, 0.15) is 0 Å². The number of carboxylic acid groups (broad SMARTS) is 1. The Morgan fingerprint density at radius 3 is 2.59 bits per heavy atom. The molecule has 0 aromatic heterocycles. The minimum absolute atomic E-state index is 0.0264. The van der Waals surface area contributed by atoms with Crippen molar-refractivity contribution in [3.05, 3.63) is 52.6 Å². The molecule has 7 heteroatoms. The minimum atomic E-state index is -1.19. The fourth-order valence-corrected chi connectivity index (χ4v) is 4.01. The molecule has 2 aromatic rings. The Labute approximate surface area is 165 Å². The lowest BCUT2D eigenvalue weighted by Gasteiger charge is -2.34. The van der Waals surface area contributed by atoms with Crippen molar-refractivity contribution in [3.63, 3.8) is 0 Å². The Balaban J connectivity index is 1.99. The van der Waals surface area contributed by atoms with Crippen molar-refractivity contribution in [2.45, 2.75) is 38.9 Å². The Morgan fingerprint density at radius 1 is 1.21 bits per heavy atom. The summed E-state index contributed by atoms with van der Waals surface area (Å²) in [5.41, 5.74) is 0.464. The number of hydrogen-bond donors (Lipinski definition) is 1. The lowest BCUT2D eigenvalue weighted by molar-refractivity contribution is -0.153. The molecule has 0 amide bonds. The first kappa shape index (κ1) is 19.0. The highest BCUT2D eigenvalue weighted by atomic mass is 16.5. The maximum Gasteiger partial charge on any atom is 0.333 e. The molecule has 1 aliphatic carbocycles. The van der Waals surface area contributed by atoms with Gasteiger partial charge in [-0.05, 0) is 17.9 Å². The average molecular weight is 394 g/mol. The van der Waals surface area contributed by atoms with Crippen LogP contribution < -0.4 is 4.74 Å². The van der Waals surface area contributed by atoms with E-state index in [9.17, 15) is 24.3 Å². The van der Waals surface area contributed by atoms with E-state index in [1.54, 1.807) is 37.3 Å². The van der Waals surface area contributed by atoms with E-state index < -0.39 is 35.7 Å². The predicted octanol–water partition coefficient (Wildman–Crippen LogP) is 3.09. The molecular formula is C22H18O7. The number of carbonyl (C=O) groups excluding carboxylic acids is 3. The zero-order chi connectivity index (χ0) is 20.9. The van der Waals surface area contributed by atoms with Gasteiger partial charge in [0.2, 0.25) is 0 Å². The highest BCUT2D eigenvalue weighted by Crippen LogP contribution is 2.43. The number of fused-ring (bicyclic) bond motifs is 2. The summed E-state index contributed by atoms with van der Waals surface area (Å²) in [6.07, 6.45) is -1.86. The normalized spacial score (nSPS) is 21.0. The summed E-state index contributed by atoms with van der Waals surface area (Å²) in [5.74, 6) is -2.64. The van der Waals surface area contributed by atoms with Gasteiger partial charge in [-0.15, -0.1) is 0 Å². The molecule has 4 rings (SSSR count). The number of ether oxygens (including phenoxy) is 2. The van der Waals surface area contributed by atoms with Crippen molar-refractivity contribution in [2.75, 3.05) is 0 Å². The molecule has 1 N–H and O–H groups in total. The van der Waals surface area contributed by atoms with Gasteiger partial charge in [0, 0.05) is 35.4 Å². The number of benzene rings is 2. The third kappa shape index (κ3) is 2.94. The highest BCUT2D eigenvalue weighted by Gasteiger charge is 2.44. The molecule has 2 atom stereocenters. The van der Waals surface area contributed by atoms with Gasteiger partial charge >= 0.3 is 11.9 Å². The van der Waals surface area contributed by atoms with Crippen LogP contribution in [0.25, 0.3) is 10.8 Å². The number of aliphatic carboxylic acids is 1. The molecule has 0 radical (unpaired) electrons. The summed E-state index contributed by atoms with van der Waals surface area (Å²) in [6.45, 7) is 2.98. The molecule has 0 spiro atoms. The van der Waals surface area contributed by atoms with Crippen LogP contribution in [-0.2, 0) is 14.3 Å². The maximum absolute atomic E-state index is 13.5. The Kier molecular flexibility index (Phi) is 4.55. The van der Waals surface area contributed by atoms with Crippen LogP contribution in [0.2, 0.25) is 0 Å². The second-order valence-corrected chi connectivity index (χ2v) is 7.06. The SMILES string of the molecule is CCC1OC(C(=O)O)CC2=C1C(=O)c1c(cc3ccccc3c1OC(C)=O)C2=O. The molecule has 148 valence electrons. The van der Waals surface area contributed by atoms with E-state index in [-0.39, 0.29) is 34.4 Å². The van der Waals surface area contributed by atoms with Crippen molar-refractivity contribution in [2.24, 2.45) is 0 Å². The maximum atomic E-state index is 13.5. The smallest absolute Gasteiger partial charge is 0.333 e. The van der Waals surface area contributed by atoms with E-state index in [1.165, 1.54) is 6.92 Å². The van der Waals surface area contributed by atoms with Crippen molar-refractivity contribution < 1.29 is 33.8 Å². The Hall–Kier alpha value is -3.32. The van der Waals surface area contributed by atoms with Gasteiger partial charge in [-0.25, -0.2) is 4.79 Å².